The Hall–Kier alpha value is -2.53. The van der Waals surface area contributed by atoms with Crippen LogP contribution in [-0.2, 0) is 4.79 Å². The van der Waals surface area contributed by atoms with Gasteiger partial charge in [0, 0.05) is 43.5 Å². The number of rotatable bonds is 7. The van der Waals surface area contributed by atoms with Crippen molar-refractivity contribution in [3.63, 3.8) is 0 Å². The number of urea groups is 1. The Bertz CT molecular complexity index is 767. The molecular weight excluding hydrogens is 350 g/mol. The van der Waals surface area contributed by atoms with E-state index in [1.807, 2.05) is 54.6 Å². The van der Waals surface area contributed by atoms with Gasteiger partial charge < -0.3 is 15.5 Å². The van der Waals surface area contributed by atoms with E-state index in [4.69, 9.17) is 11.6 Å². The van der Waals surface area contributed by atoms with Crippen LogP contribution in [0, 0.1) is 0 Å². The number of hydrogen-bond acceptors (Lipinski definition) is 2. The fourth-order valence-electron chi connectivity index (χ4n) is 3.16. The molecule has 3 amide bonds. The first-order valence-corrected chi connectivity index (χ1v) is 9.12. The second kappa shape index (κ2) is 8.72. The van der Waals surface area contributed by atoms with Crippen LogP contribution in [0.4, 0.5) is 4.79 Å². The number of benzene rings is 2. The number of halogens is 1. The maximum atomic E-state index is 12.5. The minimum absolute atomic E-state index is 0.0571. The quantitative estimate of drug-likeness (QED) is 0.786. The molecule has 2 aromatic rings. The van der Waals surface area contributed by atoms with Crippen LogP contribution < -0.4 is 10.6 Å². The number of carbonyl (C=O) groups excluding carboxylic acids is 2. The predicted octanol–water partition coefficient (Wildman–Crippen LogP) is 3.00. The van der Waals surface area contributed by atoms with E-state index in [0.29, 0.717) is 37.6 Å². The number of nitrogens with zero attached hydrogens (tertiary/aromatic N) is 1. The summed E-state index contributed by atoms with van der Waals surface area (Å²) in [7, 11) is 0. The van der Waals surface area contributed by atoms with Gasteiger partial charge in [-0.25, -0.2) is 4.79 Å². The highest BCUT2D eigenvalue weighted by Crippen LogP contribution is 2.32. The van der Waals surface area contributed by atoms with Crippen LogP contribution in [-0.4, -0.2) is 43.0 Å². The van der Waals surface area contributed by atoms with E-state index in [1.165, 1.54) is 0 Å². The molecule has 2 aromatic carbocycles. The van der Waals surface area contributed by atoms with Crippen molar-refractivity contribution in [1.82, 2.24) is 15.5 Å². The van der Waals surface area contributed by atoms with Crippen molar-refractivity contribution in [2.45, 2.75) is 12.3 Å². The molecule has 3 rings (SSSR count). The molecule has 6 heteroatoms. The van der Waals surface area contributed by atoms with Gasteiger partial charge >= 0.3 is 6.03 Å². The van der Waals surface area contributed by atoms with Gasteiger partial charge in [-0.15, -0.1) is 0 Å². The predicted molar refractivity (Wildman–Crippen MR) is 102 cm³/mol. The Balaban J connectivity index is 1.65. The van der Waals surface area contributed by atoms with E-state index in [2.05, 4.69) is 10.6 Å². The van der Waals surface area contributed by atoms with Crippen LogP contribution in [0.5, 0.6) is 0 Å². The highest BCUT2D eigenvalue weighted by atomic mass is 35.5. The lowest BCUT2D eigenvalue weighted by Crippen LogP contribution is -2.37. The normalized spacial score (nSPS) is 14.8. The summed E-state index contributed by atoms with van der Waals surface area (Å²) in [6.45, 7) is 2.30. The Morgan fingerprint density at radius 1 is 1.15 bits per heavy atom. The zero-order valence-corrected chi connectivity index (χ0v) is 15.2. The van der Waals surface area contributed by atoms with Crippen molar-refractivity contribution in [2.24, 2.45) is 0 Å². The molecule has 136 valence electrons. The molecule has 0 bridgehead atoms. The smallest absolute Gasteiger partial charge is 0.317 e. The summed E-state index contributed by atoms with van der Waals surface area (Å²) in [5.41, 5.74) is 1.99. The zero-order chi connectivity index (χ0) is 18.4. The Kier molecular flexibility index (Phi) is 6.12. The lowest BCUT2D eigenvalue weighted by Gasteiger charge is -2.20. The summed E-state index contributed by atoms with van der Waals surface area (Å²) in [6.07, 6.45) is 0.305. The maximum Gasteiger partial charge on any atom is 0.317 e. The monoisotopic (exact) mass is 371 g/mol. The van der Waals surface area contributed by atoms with Crippen molar-refractivity contribution in [3.05, 3.63) is 70.7 Å². The van der Waals surface area contributed by atoms with Crippen molar-refractivity contribution >= 4 is 23.5 Å². The van der Waals surface area contributed by atoms with Crippen molar-refractivity contribution in [3.8, 4) is 0 Å². The van der Waals surface area contributed by atoms with E-state index >= 15 is 0 Å². The lowest BCUT2D eigenvalue weighted by atomic mass is 9.88. The fourth-order valence-corrected chi connectivity index (χ4v) is 3.43. The van der Waals surface area contributed by atoms with Gasteiger partial charge in [0.05, 0.1) is 0 Å². The van der Waals surface area contributed by atoms with Crippen LogP contribution in [0.3, 0.4) is 0 Å². The maximum absolute atomic E-state index is 12.5. The second-order valence-electron chi connectivity index (χ2n) is 6.26. The molecule has 0 unspecified atom stereocenters. The first-order valence-electron chi connectivity index (χ1n) is 8.74. The minimum atomic E-state index is -0.111. The summed E-state index contributed by atoms with van der Waals surface area (Å²) in [5.74, 6) is -0.168. The largest absolute Gasteiger partial charge is 0.354 e. The summed E-state index contributed by atoms with van der Waals surface area (Å²) in [5, 5.41) is 6.32. The molecular formula is C20H22ClN3O2. The molecule has 0 spiro atoms. The average Bonchev–Trinajstić information content (AvgIpc) is 3.06. The van der Waals surface area contributed by atoms with Crippen molar-refractivity contribution in [1.29, 1.82) is 0 Å². The Morgan fingerprint density at radius 2 is 1.88 bits per heavy atom. The first-order chi connectivity index (χ1) is 12.6. The molecule has 0 radical (unpaired) electrons. The topological polar surface area (TPSA) is 61.4 Å². The molecule has 2 N–H and O–H groups in total. The average molecular weight is 372 g/mol. The van der Waals surface area contributed by atoms with Crippen molar-refractivity contribution < 1.29 is 9.59 Å². The van der Waals surface area contributed by atoms with Gasteiger partial charge in [-0.1, -0.05) is 60.1 Å². The molecule has 0 saturated carbocycles. The molecule has 1 aliphatic rings. The molecule has 1 aliphatic heterocycles. The molecule has 1 saturated heterocycles. The van der Waals surface area contributed by atoms with Crippen LogP contribution in [0.15, 0.2) is 54.6 Å². The summed E-state index contributed by atoms with van der Waals surface area (Å²) in [4.78, 5) is 25.7. The van der Waals surface area contributed by atoms with Gasteiger partial charge in [0.1, 0.15) is 0 Å². The van der Waals surface area contributed by atoms with E-state index < -0.39 is 0 Å². The van der Waals surface area contributed by atoms with Gasteiger partial charge in [-0.05, 0) is 17.2 Å². The van der Waals surface area contributed by atoms with Gasteiger partial charge in [-0.2, -0.15) is 0 Å². The molecule has 5 nitrogen and oxygen atoms in total. The van der Waals surface area contributed by atoms with Crippen LogP contribution in [0.25, 0.3) is 0 Å². The lowest BCUT2D eigenvalue weighted by molar-refractivity contribution is -0.121. The van der Waals surface area contributed by atoms with Crippen LogP contribution in [0.2, 0.25) is 5.02 Å². The molecule has 1 fully saturated rings. The highest BCUT2D eigenvalue weighted by molar-refractivity contribution is 6.31. The van der Waals surface area contributed by atoms with E-state index in [-0.39, 0.29) is 17.9 Å². The highest BCUT2D eigenvalue weighted by Gasteiger charge is 2.21. The number of hydrogen-bond donors (Lipinski definition) is 2. The molecule has 0 aliphatic carbocycles. The Morgan fingerprint density at radius 3 is 2.58 bits per heavy atom. The molecule has 1 heterocycles. The molecule has 1 atom stereocenters. The molecule has 26 heavy (non-hydrogen) atoms. The van der Waals surface area contributed by atoms with E-state index in [9.17, 15) is 9.59 Å². The number of carbonyl (C=O) groups is 2. The number of nitrogens with one attached hydrogen (secondary N) is 2. The summed E-state index contributed by atoms with van der Waals surface area (Å²) >= 11 is 6.38. The van der Waals surface area contributed by atoms with Gasteiger partial charge in [-0.3, -0.25) is 4.79 Å². The Labute approximate surface area is 158 Å². The zero-order valence-electron chi connectivity index (χ0n) is 14.5. The minimum Gasteiger partial charge on any atom is -0.354 e. The SMILES string of the molecule is O=C(C[C@H](c1ccccc1)c1ccccc1Cl)NCCN1CCNC1=O. The fraction of sp³-hybridized carbons (Fsp3) is 0.300. The first kappa shape index (κ1) is 18.3. The van der Waals surface area contributed by atoms with E-state index in [1.54, 1.807) is 4.90 Å². The van der Waals surface area contributed by atoms with Gasteiger partial charge in [0.2, 0.25) is 5.91 Å². The van der Waals surface area contributed by atoms with Crippen LogP contribution >= 0.6 is 11.6 Å². The third-order valence-electron chi connectivity index (χ3n) is 4.52. The van der Waals surface area contributed by atoms with E-state index in [0.717, 1.165) is 11.1 Å². The second-order valence-corrected chi connectivity index (χ2v) is 6.67. The third kappa shape index (κ3) is 4.55. The van der Waals surface area contributed by atoms with Crippen molar-refractivity contribution in [2.75, 3.05) is 26.2 Å². The van der Waals surface area contributed by atoms with Gasteiger partial charge in [0.15, 0.2) is 0 Å². The summed E-state index contributed by atoms with van der Waals surface area (Å²) in [6, 6.07) is 17.4. The standard InChI is InChI=1S/C20H22ClN3O2/c21-18-9-5-4-8-16(18)17(15-6-2-1-3-7-15)14-19(25)22-10-12-24-13-11-23-20(24)26/h1-9,17H,10-14H2,(H,22,25)(H,23,26)/t17-/m1/s1. The van der Waals surface area contributed by atoms with Crippen LogP contribution in [0.1, 0.15) is 23.5 Å². The number of amides is 3. The third-order valence-corrected chi connectivity index (χ3v) is 4.87. The summed E-state index contributed by atoms with van der Waals surface area (Å²) < 4.78 is 0. The molecule has 0 aromatic heterocycles. The van der Waals surface area contributed by atoms with Gasteiger partial charge in [0.25, 0.3) is 0 Å².